The van der Waals surface area contributed by atoms with Crippen LogP contribution in [-0.2, 0) is 4.74 Å². The third-order valence-corrected chi connectivity index (χ3v) is 7.06. The number of ether oxygens (including phenoxy) is 1. The number of urea groups is 1. The summed E-state index contributed by atoms with van der Waals surface area (Å²) in [5.41, 5.74) is 0. The van der Waals surface area contributed by atoms with Gasteiger partial charge in [0.05, 0.1) is 6.61 Å². The van der Waals surface area contributed by atoms with E-state index in [1.54, 1.807) is 0 Å². The Hall–Kier alpha value is -0.810. The van der Waals surface area contributed by atoms with Crippen molar-refractivity contribution in [1.82, 2.24) is 15.5 Å². The van der Waals surface area contributed by atoms with Gasteiger partial charge in [-0.15, -0.1) is 0 Å². The molecule has 202 valence electrons. The summed E-state index contributed by atoms with van der Waals surface area (Å²) in [5, 5.41) is 5.86. The first-order chi connectivity index (χ1) is 16.8. The molecule has 0 aromatic heterocycles. The molecule has 1 aliphatic rings. The maximum absolute atomic E-state index is 11.8. The van der Waals surface area contributed by atoms with E-state index in [0.29, 0.717) is 13.2 Å². The maximum Gasteiger partial charge on any atom is 0.314 e. The van der Waals surface area contributed by atoms with Crippen LogP contribution in [0.5, 0.6) is 0 Å². The Morgan fingerprint density at radius 1 is 0.618 bits per heavy atom. The monoisotopic (exact) mass is 481 g/mol. The Morgan fingerprint density at radius 2 is 1.12 bits per heavy atom. The van der Waals surface area contributed by atoms with Gasteiger partial charge in [-0.2, -0.15) is 0 Å². The number of carbonyl (C=O) groups is 1. The summed E-state index contributed by atoms with van der Waals surface area (Å²) >= 11 is 0. The van der Waals surface area contributed by atoms with Crippen LogP contribution in [0.4, 0.5) is 4.79 Å². The summed E-state index contributed by atoms with van der Waals surface area (Å²) in [4.78, 5) is 14.4. The molecule has 5 heteroatoms. The normalized spacial score (nSPS) is 14.4. The van der Waals surface area contributed by atoms with Gasteiger partial charge in [0.2, 0.25) is 0 Å². The van der Waals surface area contributed by atoms with Gasteiger partial charge in [-0.1, -0.05) is 110 Å². The van der Waals surface area contributed by atoms with Crippen LogP contribution in [0.15, 0.2) is 0 Å². The van der Waals surface area contributed by atoms with Crippen LogP contribution < -0.4 is 10.6 Å². The summed E-state index contributed by atoms with van der Waals surface area (Å²) in [7, 11) is 0. The van der Waals surface area contributed by atoms with Crippen LogP contribution >= 0.6 is 0 Å². The zero-order valence-corrected chi connectivity index (χ0v) is 22.9. The fourth-order valence-corrected chi connectivity index (χ4v) is 4.85. The predicted octanol–water partition coefficient (Wildman–Crippen LogP) is 7.44. The standard InChI is InChI=1S/C29H59N3O2/c1-2-3-4-5-6-7-8-9-10-11-12-13-14-15-16-18-22-30-29(33)31-23-28-34-27-21-26-32-24-19-17-20-25-32/h2-28H2,1H3,(H2,30,31,33). The number of likely N-dealkylation sites (tertiary alicyclic amines) is 1. The van der Waals surface area contributed by atoms with Crippen molar-refractivity contribution in [3.63, 3.8) is 0 Å². The highest BCUT2D eigenvalue weighted by Gasteiger charge is 2.08. The molecule has 2 amide bonds. The molecule has 1 saturated heterocycles. The number of piperidine rings is 1. The van der Waals surface area contributed by atoms with Crippen molar-refractivity contribution in [2.75, 3.05) is 45.9 Å². The second kappa shape index (κ2) is 25.3. The van der Waals surface area contributed by atoms with Gasteiger partial charge < -0.3 is 20.3 Å². The van der Waals surface area contributed by atoms with Gasteiger partial charge >= 0.3 is 6.03 Å². The predicted molar refractivity (Wildman–Crippen MR) is 147 cm³/mol. The van der Waals surface area contributed by atoms with E-state index < -0.39 is 0 Å². The molecule has 0 aromatic carbocycles. The molecule has 34 heavy (non-hydrogen) atoms. The second-order valence-electron chi connectivity index (χ2n) is 10.4. The van der Waals surface area contributed by atoms with E-state index in [4.69, 9.17) is 4.74 Å². The van der Waals surface area contributed by atoms with E-state index in [1.165, 1.54) is 129 Å². The molecule has 0 atom stereocenters. The highest BCUT2D eigenvalue weighted by Crippen LogP contribution is 2.13. The summed E-state index contributed by atoms with van der Waals surface area (Å²) in [6.07, 6.45) is 27.2. The fourth-order valence-electron chi connectivity index (χ4n) is 4.85. The molecule has 5 nitrogen and oxygen atoms in total. The van der Waals surface area contributed by atoms with Crippen molar-refractivity contribution in [2.24, 2.45) is 0 Å². The van der Waals surface area contributed by atoms with Crippen molar-refractivity contribution in [3.05, 3.63) is 0 Å². The molecule has 1 aliphatic heterocycles. The Bertz CT molecular complexity index is 428. The summed E-state index contributed by atoms with van der Waals surface area (Å²) < 4.78 is 5.64. The van der Waals surface area contributed by atoms with Gasteiger partial charge in [-0.05, 0) is 38.8 Å². The minimum absolute atomic E-state index is 0.0575. The van der Waals surface area contributed by atoms with Crippen molar-refractivity contribution < 1.29 is 9.53 Å². The lowest BCUT2D eigenvalue weighted by molar-refractivity contribution is 0.119. The number of unbranched alkanes of at least 4 members (excludes halogenated alkanes) is 15. The number of carbonyl (C=O) groups excluding carboxylic acids is 1. The number of nitrogens with zero attached hydrogens (tertiary/aromatic N) is 1. The SMILES string of the molecule is CCCCCCCCCCCCCCCCCCNC(=O)NCCOCCCN1CCCCC1. The molecule has 0 unspecified atom stereocenters. The molecule has 2 N–H and O–H groups in total. The number of hydrogen-bond donors (Lipinski definition) is 2. The van der Waals surface area contributed by atoms with Gasteiger partial charge in [0.15, 0.2) is 0 Å². The van der Waals surface area contributed by atoms with Crippen LogP contribution in [0.1, 0.15) is 135 Å². The number of nitrogens with one attached hydrogen (secondary N) is 2. The van der Waals surface area contributed by atoms with E-state index in [2.05, 4.69) is 22.5 Å². The molecular formula is C29H59N3O2. The van der Waals surface area contributed by atoms with Crippen LogP contribution in [0.2, 0.25) is 0 Å². The third-order valence-electron chi connectivity index (χ3n) is 7.06. The summed E-state index contributed by atoms with van der Waals surface area (Å²) in [6, 6.07) is -0.0575. The quantitative estimate of drug-likeness (QED) is 0.141. The molecule has 0 radical (unpaired) electrons. The second-order valence-corrected chi connectivity index (χ2v) is 10.4. The van der Waals surface area contributed by atoms with E-state index in [-0.39, 0.29) is 6.03 Å². The molecule has 0 aromatic rings. The van der Waals surface area contributed by atoms with Crippen molar-refractivity contribution >= 4 is 6.03 Å². The topological polar surface area (TPSA) is 53.6 Å². The van der Waals surface area contributed by atoms with Crippen LogP contribution in [0.3, 0.4) is 0 Å². The number of rotatable bonds is 24. The third kappa shape index (κ3) is 21.7. The van der Waals surface area contributed by atoms with Gasteiger partial charge in [0.25, 0.3) is 0 Å². The van der Waals surface area contributed by atoms with Crippen LogP contribution in [0.25, 0.3) is 0 Å². The molecule has 0 saturated carbocycles. The van der Waals surface area contributed by atoms with Gasteiger partial charge in [0, 0.05) is 26.2 Å². The Balaban J connectivity index is 1.69. The van der Waals surface area contributed by atoms with Gasteiger partial charge in [0.1, 0.15) is 0 Å². The first-order valence-corrected chi connectivity index (χ1v) is 15.1. The minimum atomic E-state index is -0.0575. The van der Waals surface area contributed by atoms with E-state index in [0.717, 1.165) is 32.5 Å². The summed E-state index contributed by atoms with van der Waals surface area (Å²) in [5.74, 6) is 0. The lowest BCUT2D eigenvalue weighted by atomic mass is 10.0. The van der Waals surface area contributed by atoms with Crippen molar-refractivity contribution in [2.45, 2.75) is 135 Å². The van der Waals surface area contributed by atoms with E-state index >= 15 is 0 Å². The molecule has 1 fully saturated rings. The molecule has 0 aliphatic carbocycles. The first kappa shape index (κ1) is 31.2. The summed E-state index contributed by atoms with van der Waals surface area (Å²) in [6.45, 7) is 8.70. The average molecular weight is 482 g/mol. The fraction of sp³-hybridized carbons (Fsp3) is 0.966. The molecule has 1 heterocycles. The molecule has 0 bridgehead atoms. The number of hydrogen-bond acceptors (Lipinski definition) is 3. The molecule has 0 spiro atoms. The lowest BCUT2D eigenvalue weighted by Gasteiger charge is -2.26. The Morgan fingerprint density at radius 3 is 1.68 bits per heavy atom. The minimum Gasteiger partial charge on any atom is -0.380 e. The zero-order chi connectivity index (χ0) is 24.4. The lowest BCUT2D eigenvalue weighted by Crippen LogP contribution is -2.37. The highest BCUT2D eigenvalue weighted by atomic mass is 16.5. The molecular weight excluding hydrogens is 422 g/mol. The first-order valence-electron chi connectivity index (χ1n) is 15.1. The van der Waals surface area contributed by atoms with Gasteiger partial charge in [-0.3, -0.25) is 0 Å². The average Bonchev–Trinajstić information content (AvgIpc) is 2.86. The Kier molecular flexibility index (Phi) is 23.2. The highest BCUT2D eigenvalue weighted by molar-refractivity contribution is 5.73. The molecule has 1 rings (SSSR count). The Labute approximate surface area is 212 Å². The van der Waals surface area contributed by atoms with Crippen LogP contribution in [-0.4, -0.2) is 56.9 Å². The van der Waals surface area contributed by atoms with Gasteiger partial charge in [-0.25, -0.2) is 4.79 Å². The maximum atomic E-state index is 11.8. The smallest absolute Gasteiger partial charge is 0.314 e. The largest absolute Gasteiger partial charge is 0.380 e. The van der Waals surface area contributed by atoms with E-state index in [9.17, 15) is 4.79 Å². The zero-order valence-electron chi connectivity index (χ0n) is 22.9. The van der Waals surface area contributed by atoms with Crippen molar-refractivity contribution in [1.29, 1.82) is 0 Å². The number of amides is 2. The van der Waals surface area contributed by atoms with E-state index in [1.807, 2.05) is 0 Å². The van der Waals surface area contributed by atoms with Crippen molar-refractivity contribution in [3.8, 4) is 0 Å². The van der Waals surface area contributed by atoms with Crippen LogP contribution in [0, 0.1) is 0 Å².